The first-order chi connectivity index (χ1) is 7.00. The van der Waals surface area contributed by atoms with Crippen LogP contribution in [0.1, 0.15) is 6.92 Å². The molecule has 80 valence electrons. The molecule has 0 saturated carbocycles. The standard InChI is InChI=1S/C9H11N3O3/c1-6(10)9(13)11-7-2-4-8(5-3-7)12(14)15/h2-6H,10H2,1H3,(H,11,13)/p+1. The fourth-order valence-corrected chi connectivity index (χ4v) is 0.932. The highest BCUT2D eigenvalue weighted by atomic mass is 16.6. The molecule has 0 heterocycles. The summed E-state index contributed by atoms with van der Waals surface area (Å²) in [6, 6.07) is 5.28. The zero-order chi connectivity index (χ0) is 11.4. The smallest absolute Gasteiger partial charge is 0.282 e. The molecule has 1 amide bonds. The monoisotopic (exact) mass is 210 g/mol. The summed E-state index contributed by atoms with van der Waals surface area (Å²) in [4.78, 5) is 21.1. The summed E-state index contributed by atoms with van der Waals surface area (Å²) in [6.45, 7) is 1.67. The van der Waals surface area contributed by atoms with Crippen molar-refractivity contribution in [1.29, 1.82) is 0 Å². The first-order valence-corrected chi connectivity index (χ1v) is 4.39. The molecule has 1 rings (SSSR count). The fraction of sp³-hybridized carbons (Fsp3) is 0.222. The molecule has 1 aromatic rings. The van der Waals surface area contributed by atoms with E-state index in [1.165, 1.54) is 24.3 Å². The van der Waals surface area contributed by atoms with Crippen LogP contribution in [0.3, 0.4) is 0 Å². The van der Waals surface area contributed by atoms with Gasteiger partial charge >= 0.3 is 0 Å². The lowest BCUT2D eigenvalue weighted by atomic mass is 10.2. The van der Waals surface area contributed by atoms with E-state index in [9.17, 15) is 14.9 Å². The van der Waals surface area contributed by atoms with E-state index in [4.69, 9.17) is 0 Å². The van der Waals surface area contributed by atoms with Crippen molar-refractivity contribution < 1.29 is 15.5 Å². The van der Waals surface area contributed by atoms with E-state index < -0.39 is 4.92 Å². The van der Waals surface area contributed by atoms with Crippen molar-refractivity contribution in [2.75, 3.05) is 5.32 Å². The highest BCUT2D eigenvalue weighted by Crippen LogP contribution is 2.15. The quantitative estimate of drug-likeness (QED) is 0.549. The lowest BCUT2D eigenvalue weighted by Gasteiger charge is -2.04. The largest absolute Gasteiger partial charge is 0.348 e. The minimum atomic E-state index is -0.490. The third-order valence-corrected chi connectivity index (χ3v) is 1.79. The summed E-state index contributed by atoms with van der Waals surface area (Å²) >= 11 is 0. The van der Waals surface area contributed by atoms with Gasteiger partial charge in [-0.3, -0.25) is 14.9 Å². The summed E-state index contributed by atoms with van der Waals surface area (Å²) in [5.74, 6) is -0.219. The second kappa shape index (κ2) is 4.52. The number of hydrogen-bond acceptors (Lipinski definition) is 3. The minimum absolute atomic E-state index is 0.00401. The molecule has 0 aliphatic carbocycles. The zero-order valence-corrected chi connectivity index (χ0v) is 8.27. The van der Waals surface area contributed by atoms with E-state index in [0.717, 1.165) is 0 Å². The summed E-state index contributed by atoms with van der Waals surface area (Å²) in [5.41, 5.74) is 4.08. The van der Waals surface area contributed by atoms with E-state index >= 15 is 0 Å². The van der Waals surface area contributed by atoms with Gasteiger partial charge in [0.15, 0.2) is 6.04 Å². The number of nitrogens with one attached hydrogen (secondary N) is 1. The number of rotatable bonds is 3. The maximum atomic E-state index is 11.2. The van der Waals surface area contributed by atoms with Gasteiger partial charge in [0.05, 0.1) is 4.92 Å². The Balaban J connectivity index is 2.73. The lowest BCUT2D eigenvalue weighted by Crippen LogP contribution is -2.64. The number of benzene rings is 1. The van der Waals surface area contributed by atoms with Gasteiger partial charge < -0.3 is 11.1 Å². The molecule has 1 aromatic carbocycles. The topological polar surface area (TPSA) is 99.9 Å². The Kier molecular flexibility index (Phi) is 3.35. The second-order valence-electron chi connectivity index (χ2n) is 3.19. The number of carbonyl (C=O) groups is 1. The maximum absolute atomic E-state index is 11.2. The number of carbonyl (C=O) groups excluding carboxylic acids is 1. The van der Waals surface area contributed by atoms with E-state index in [0.29, 0.717) is 5.69 Å². The van der Waals surface area contributed by atoms with Crippen molar-refractivity contribution >= 4 is 17.3 Å². The van der Waals surface area contributed by atoms with Gasteiger partial charge in [-0.05, 0) is 19.1 Å². The van der Waals surface area contributed by atoms with Crippen LogP contribution in [0.4, 0.5) is 11.4 Å². The fourth-order valence-electron chi connectivity index (χ4n) is 0.932. The SMILES string of the molecule is CC([NH3+])C(=O)Nc1ccc([N+](=O)[O-])cc1. The van der Waals surface area contributed by atoms with Crippen LogP contribution in [0.25, 0.3) is 0 Å². The van der Waals surface area contributed by atoms with Crippen molar-refractivity contribution in [3.8, 4) is 0 Å². The van der Waals surface area contributed by atoms with Crippen LogP contribution < -0.4 is 11.1 Å². The average Bonchev–Trinajstić information content (AvgIpc) is 2.18. The van der Waals surface area contributed by atoms with Crippen LogP contribution in [-0.2, 0) is 4.79 Å². The van der Waals surface area contributed by atoms with E-state index in [-0.39, 0.29) is 17.6 Å². The molecule has 0 saturated heterocycles. The molecule has 6 nitrogen and oxygen atoms in total. The van der Waals surface area contributed by atoms with Crippen LogP contribution >= 0.6 is 0 Å². The predicted molar refractivity (Wildman–Crippen MR) is 54.1 cm³/mol. The Hall–Kier alpha value is -1.95. The summed E-state index contributed by atoms with van der Waals surface area (Å²) in [5, 5.41) is 12.9. The van der Waals surface area contributed by atoms with Gasteiger partial charge in [0.25, 0.3) is 11.6 Å². The van der Waals surface area contributed by atoms with Crippen molar-refractivity contribution in [3.05, 3.63) is 34.4 Å². The van der Waals surface area contributed by atoms with Crippen molar-refractivity contribution in [2.24, 2.45) is 0 Å². The molecule has 0 fully saturated rings. The van der Waals surface area contributed by atoms with Crippen molar-refractivity contribution in [2.45, 2.75) is 13.0 Å². The number of amides is 1. The van der Waals surface area contributed by atoms with Gasteiger partial charge in [0.2, 0.25) is 0 Å². The molecule has 0 spiro atoms. The second-order valence-corrected chi connectivity index (χ2v) is 3.19. The van der Waals surface area contributed by atoms with Gasteiger partial charge in [0.1, 0.15) is 0 Å². The van der Waals surface area contributed by atoms with Crippen LogP contribution in [0.5, 0.6) is 0 Å². The van der Waals surface area contributed by atoms with E-state index in [1.54, 1.807) is 6.92 Å². The van der Waals surface area contributed by atoms with Crippen molar-refractivity contribution in [1.82, 2.24) is 0 Å². The number of anilines is 1. The first kappa shape index (κ1) is 11.1. The molecule has 0 aromatic heterocycles. The molecule has 4 N–H and O–H groups in total. The molecule has 15 heavy (non-hydrogen) atoms. The predicted octanol–water partition coefficient (Wildman–Crippen LogP) is 0.164. The molecular formula is C9H12N3O3+. The van der Waals surface area contributed by atoms with Gasteiger partial charge in [0, 0.05) is 17.8 Å². The number of nitro groups is 1. The lowest BCUT2D eigenvalue weighted by molar-refractivity contribution is -0.396. The number of nitrogens with zero attached hydrogens (tertiary/aromatic N) is 1. The highest BCUT2D eigenvalue weighted by Gasteiger charge is 2.11. The van der Waals surface area contributed by atoms with Crippen LogP contribution in [0.2, 0.25) is 0 Å². The zero-order valence-electron chi connectivity index (χ0n) is 8.27. The maximum Gasteiger partial charge on any atom is 0.282 e. The molecule has 1 unspecified atom stereocenters. The Morgan fingerprint density at radius 1 is 1.47 bits per heavy atom. The van der Waals surface area contributed by atoms with Gasteiger partial charge in [-0.1, -0.05) is 0 Å². The minimum Gasteiger partial charge on any atom is -0.348 e. The van der Waals surface area contributed by atoms with E-state index in [1.807, 2.05) is 0 Å². The van der Waals surface area contributed by atoms with Crippen molar-refractivity contribution in [3.63, 3.8) is 0 Å². The van der Waals surface area contributed by atoms with Gasteiger partial charge in [-0.25, -0.2) is 0 Å². The van der Waals surface area contributed by atoms with Gasteiger partial charge in [-0.2, -0.15) is 0 Å². The molecule has 0 radical (unpaired) electrons. The Bertz CT molecular complexity index is 373. The Labute approximate surface area is 86.2 Å². The van der Waals surface area contributed by atoms with Crippen LogP contribution in [0.15, 0.2) is 24.3 Å². The van der Waals surface area contributed by atoms with E-state index in [2.05, 4.69) is 11.1 Å². The molecule has 6 heteroatoms. The number of nitro benzene ring substituents is 1. The number of quaternary nitrogens is 1. The number of hydrogen-bond donors (Lipinski definition) is 2. The average molecular weight is 210 g/mol. The molecule has 1 atom stereocenters. The first-order valence-electron chi connectivity index (χ1n) is 4.39. The Morgan fingerprint density at radius 3 is 2.40 bits per heavy atom. The highest BCUT2D eigenvalue weighted by molar-refractivity contribution is 5.93. The summed E-state index contributed by atoms with van der Waals surface area (Å²) < 4.78 is 0. The third-order valence-electron chi connectivity index (χ3n) is 1.79. The molecule has 0 aliphatic heterocycles. The normalized spacial score (nSPS) is 11.9. The summed E-state index contributed by atoms with van der Waals surface area (Å²) in [7, 11) is 0. The van der Waals surface area contributed by atoms with Crippen LogP contribution in [-0.4, -0.2) is 16.9 Å². The third kappa shape index (κ3) is 3.03. The summed E-state index contributed by atoms with van der Waals surface area (Å²) in [6.07, 6.45) is 0. The molecule has 0 bridgehead atoms. The molecular weight excluding hydrogens is 198 g/mol. The molecule has 0 aliphatic rings. The Morgan fingerprint density at radius 2 is 2.00 bits per heavy atom. The van der Waals surface area contributed by atoms with Gasteiger partial charge in [-0.15, -0.1) is 0 Å². The van der Waals surface area contributed by atoms with Crippen LogP contribution in [0, 0.1) is 10.1 Å². The number of non-ortho nitro benzene ring substituents is 1.